The first-order valence-corrected chi connectivity index (χ1v) is 6.67. The number of hydrogen-bond acceptors (Lipinski definition) is 2. The summed E-state index contributed by atoms with van der Waals surface area (Å²) in [4.78, 5) is 0. The maximum absolute atomic E-state index is 5.64. The Balaban J connectivity index is 2.48. The maximum Gasteiger partial charge on any atom is 0.0253 e. The van der Waals surface area contributed by atoms with E-state index in [1.807, 2.05) is 0 Å². The molecular formula is C15H26N2. The number of benzene rings is 1. The van der Waals surface area contributed by atoms with Crippen molar-refractivity contribution >= 4 is 0 Å². The Hall–Kier alpha value is -0.860. The summed E-state index contributed by atoms with van der Waals surface area (Å²) in [5, 5.41) is 0. The van der Waals surface area contributed by atoms with E-state index in [1.165, 1.54) is 24.0 Å². The summed E-state index contributed by atoms with van der Waals surface area (Å²) in [6, 6.07) is 9.12. The van der Waals surface area contributed by atoms with Gasteiger partial charge >= 0.3 is 0 Å². The largest absolute Gasteiger partial charge is 0.271 e. The van der Waals surface area contributed by atoms with Crippen molar-refractivity contribution in [2.45, 2.75) is 52.5 Å². The standard InChI is InChI=1S/C15H26N2/c1-4-5-13(3)10-15(17-16)11-14-8-6-12(2)7-9-14/h6-9,13,15,17H,4-5,10-11,16H2,1-3H3. The summed E-state index contributed by atoms with van der Waals surface area (Å²) in [5.74, 6) is 6.39. The van der Waals surface area contributed by atoms with E-state index in [2.05, 4.69) is 50.5 Å². The summed E-state index contributed by atoms with van der Waals surface area (Å²) in [5.41, 5.74) is 5.63. The number of aryl methyl sites for hydroxylation is 1. The minimum absolute atomic E-state index is 0.388. The third kappa shape index (κ3) is 5.33. The molecule has 0 aromatic heterocycles. The lowest BCUT2D eigenvalue weighted by atomic mass is 9.93. The lowest BCUT2D eigenvalue weighted by Crippen LogP contribution is -2.38. The van der Waals surface area contributed by atoms with Crippen molar-refractivity contribution in [1.29, 1.82) is 0 Å². The van der Waals surface area contributed by atoms with E-state index in [0.717, 1.165) is 18.8 Å². The molecule has 0 spiro atoms. The molecule has 0 aliphatic rings. The number of hydrazine groups is 1. The van der Waals surface area contributed by atoms with Crippen LogP contribution in [-0.4, -0.2) is 6.04 Å². The van der Waals surface area contributed by atoms with Crippen molar-refractivity contribution in [3.05, 3.63) is 35.4 Å². The molecule has 1 aromatic rings. The molecule has 0 aliphatic heterocycles. The molecule has 0 heterocycles. The van der Waals surface area contributed by atoms with E-state index < -0.39 is 0 Å². The summed E-state index contributed by atoms with van der Waals surface area (Å²) in [6.45, 7) is 6.66. The molecule has 0 bridgehead atoms. The van der Waals surface area contributed by atoms with Gasteiger partial charge in [0.05, 0.1) is 0 Å². The SMILES string of the molecule is CCCC(C)CC(Cc1ccc(C)cc1)NN. The van der Waals surface area contributed by atoms with E-state index in [0.29, 0.717) is 6.04 Å². The zero-order valence-electron chi connectivity index (χ0n) is 11.4. The minimum atomic E-state index is 0.388. The highest BCUT2D eigenvalue weighted by Gasteiger charge is 2.11. The Morgan fingerprint density at radius 3 is 2.41 bits per heavy atom. The molecule has 0 radical (unpaired) electrons. The number of nitrogens with one attached hydrogen (secondary N) is 1. The van der Waals surface area contributed by atoms with Crippen molar-refractivity contribution in [3.63, 3.8) is 0 Å². The van der Waals surface area contributed by atoms with Gasteiger partial charge in [0.15, 0.2) is 0 Å². The van der Waals surface area contributed by atoms with Gasteiger partial charge in [-0.2, -0.15) is 0 Å². The van der Waals surface area contributed by atoms with Crippen LogP contribution >= 0.6 is 0 Å². The van der Waals surface area contributed by atoms with Crippen LogP contribution in [-0.2, 0) is 6.42 Å². The van der Waals surface area contributed by atoms with Crippen molar-refractivity contribution in [2.75, 3.05) is 0 Å². The van der Waals surface area contributed by atoms with Crippen LogP contribution < -0.4 is 11.3 Å². The second-order valence-corrected chi connectivity index (χ2v) is 5.18. The van der Waals surface area contributed by atoms with Gasteiger partial charge in [-0.15, -0.1) is 0 Å². The Kier molecular flexibility index (Phi) is 6.23. The van der Waals surface area contributed by atoms with E-state index in [4.69, 9.17) is 5.84 Å². The van der Waals surface area contributed by atoms with Gasteiger partial charge in [-0.3, -0.25) is 11.3 Å². The maximum atomic E-state index is 5.64. The topological polar surface area (TPSA) is 38.0 Å². The Labute approximate surface area is 106 Å². The van der Waals surface area contributed by atoms with Gasteiger partial charge in [-0.05, 0) is 31.2 Å². The van der Waals surface area contributed by atoms with Gasteiger partial charge in [-0.25, -0.2) is 0 Å². The highest BCUT2D eigenvalue weighted by molar-refractivity contribution is 5.22. The number of nitrogens with two attached hydrogens (primary N) is 1. The third-order valence-electron chi connectivity index (χ3n) is 3.31. The van der Waals surface area contributed by atoms with Crippen LogP contribution in [0.3, 0.4) is 0 Å². The van der Waals surface area contributed by atoms with Gasteiger partial charge in [0, 0.05) is 6.04 Å². The Morgan fingerprint density at radius 2 is 1.88 bits per heavy atom. The quantitative estimate of drug-likeness (QED) is 0.561. The minimum Gasteiger partial charge on any atom is -0.271 e. The van der Waals surface area contributed by atoms with E-state index in [-0.39, 0.29) is 0 Å². The first-order chi connectivity index (χ1) is 8.15. The zero-order chi connectivity index (χ0) is 12.7. The molecule has 0 saturated carbocycles. The van der Waals surface area contributed by atoms with Crippen LogP contribution in [0.1, 0.15) is 44.2 Å². The van der Waals surface area contributed by atoms with Crippen molar-refractivity contribution in [3.8, 4) is 0 Å². The lowest BCUT2D eigenvalue weighted by Gasteiger charge is -2.20. The van der Waals surface area contributed by atoms with E-state index >= 15 is 0 Å². The van der Waals surface area contributed by atoms with Gasteiger partial charge < -0.3 is 0 Å². The normalized spacial score (nSPS) is 14.6. The first-order valence-electron chi connectivity index (χ1n) is 6.67. The zero-order valence-corrected chi connectivity index (χ0v) is 11.4. The lowest BCUT2D eigenvalue weighted by molar-refractivity contribution is 0.385. The van der Waals surface area contributed by atoms with Gasteiger partial charge in [0.2, 0.25) is 0 Å². The van der Waals surface area contributed by atoms with Crippen molar-refractivity contribution in [1.82, 2.24) is 5.43 Å². The highest BCUT2D eigenvalue weighted by atomic mass is 15.2. The molecule has 0 aliphatic carbocycles. The molecule has 2 unspecified atom stereocenters. The van der Waals surface area contributed by atoms with Crippen LogP contribution in [0, 0.1) is 12.8 Å². The predicted octanol–water partition coefficient (Wildman–Crippen LogP) is 3.20. The molecule has 2 nitrogen and oxygen atoms in total. The molecule has 2 atom stereocenters. The fraction of sp³-hybridized carbons (Fsp3) is 0.600. The Bertz CT molecular complexity index is 305. The molecule has 3 N–H and O–H groups in total. The smallest absolute Gasteiger partial charge is 0.0253 e. The fourth-order valence-corrected chi connectivity index (χ4v) is 2.32. The average Bonchev–Trinajstić information content (AvgIpc) is 2.31. The van der Waals surface area contributed by atoms with Gasteiger partial charge in [0.25, 0.3) is 0 Å². The molecule has 1 aromatic carbocycles. The third-order valence-corrected chi connectivity index (χ3v) is 3.31. The first kappa shape index (κ1) is 14.2. The molecule has 2 heteroatoms. The average molecular weight is 234 g/mol. The summed E-state index contributed by atoms with van der Waals surface area (Å²) < 4.78 is 0. The number of rotatable bonds is 7. The van der Waals surface area contributed by atoms with Crippen molar-refractivity contribution in [2.24, 2.45) is 11.8 Å². The second kappa shape index (κ2) is 7.46. The monoisotopic (exact) mass is 234 g/mol. The van der Waals surface area contributed by atoms with Crippen molar-refractivity contribution < 1.29 is 0 Å². The van der Waals surface area contributed by atoms with Crippen LogP contribution in [0.25, 0.3) is 0 Å². The summed E-state index contributed by atoms with van der Waals surface area (Å²) >= 11 is 0. The van der Waals surface area contributed by atoms with Crippen LogP contribution in [0.15, 0.2) is 24.3 Å². The molecule has 0 fully saturated rings. The molecule has 0 amide bonds. The summed E-state index contributed by atoms with van der Waals surface area (Å²) in [7, 11) is 0. The van der Waals surface area contributed by atoms with Gasteiger partial charge in [-0.1, -0.05) is 56.5 Å². The summed E-state index contributed by atoms with van der Waals surface area (Å²) in [6.07, 6.45) is 4.71. The second-order valence-electron chi connectivity index (χ2n) is 5.18. The Morgan fingerprint density at radius 1 is 1.24 bits per heavy atom. The molecule has 0 saturated heterocycles. The molecule has 17 heavy (non-hydrogen) atoms. The predicted molar refractivity (Wildman–Crippen MR) is 74.7 cm³/mol. The van der Waals surface area contributed by atoms with Gasteiger partial charge in [0.1, 0.15) is 0 Å². The van der Waals surface area contributed by atoms with E-state index in [9.17, 15) is 0 Å². The molecule has 1 rings (SSSR count). The molecular weight excluding hydrogens is 208 g/mol. The van der Waals surface area contributed by atoms with Crippen LogP contribution in [0.5, 0.6) is 0 Å². The highest BCUT2D eigenvalue weighted by Crippen LogP contribution is 2.15. The molecule has 96 valence electrons. The van der Waals surface area contributed by atoms with E-state index in [1.54, 1.807) is 0 Å². The van der Waals surface area contributed by atoms with Crippen LogP contribution in [0.4, 0.5) is 0 Å². The van der Waals surface area contributed by atoms with Crippen LogP contribution in [0.2, 0.25) is 0 Å². The number of hydrogen-bond donors (Lipinski definition) is 2. The fourth-order valence-electron chi connectivity index (χ4n) is 2.32.